The molecule has 1 aromatic rings. The normalized spacial score (nSPS) is 23.0. The van der Waals surface area contributed by atoms with Crippen molar-refractivity contribution in [3.63, 3.8) is 0 Å². The average Bonchev–Trinajstić information content (AvgIpc) is 2.34. The Kier molecular flexibility index (Phi) is 4.56. The van der Waals surface area contributed by atoms with Gasteiger partial charge in [-0.1, -0.05) is 29.8 Å². The molecule has 0 aliphatic carbocycles. The fourth-order valence-electron chi connectivity index (χ4n) is 2.40. The zero-order valence-electron chi connectivity index (χ0n) is 9.58. The summed E-state index contributed by atoms with van der Waals surface area (Å²) in [5, 5.41) is 4.32. The summed E-state index contributed by atoms with van der Waals surface area (Å²) in [7, 11) is 2.03. The van der Waals surface area contributed by atoms with E-state index in [4.69, 9.17) is 11.6 Å². The quantitative estimate of drug-likeness (QED) is 0.883. The topological polar surface area (TPSA) is 12.0 Å². The molecule has 3 heteroatoms. The fraction of sp³-hybridized carbons (Fsp3) is 0.538. The molecule has 1 heterocycles. The third-order valence-electron chi connectivity index (χ3n) is 3.22. The molecule has 0 saturated carbocycles. The Morgan fingerprint density at radius 3 is 2.88 bits per heavy atom. The summed E-state index contributed by atoms with van der Waals surface area (Å²) in [4.78, 5) is 0. The van der Waals surface area contributed by atoms with Crippen molar-refractivity contribution in [2.24, 2.45) is 5.92 Å². The summed E-state index contributed by atoms with van der Waals surface area (Å²) in [6.45, 7) is 0. The molecule has 1 N–H and O–H groups in total. The third-order valence-corrected chi connectivity index (χ3v) is 4.80. The molecule has 0 amide bonds. The van der Waals surface area contributed by atoms with Crippen LogP contribution >= 0.6 is 23.4 Å². The Labute approximate surface area is 107 Å². The van der Waals surface area contributed by atoms with E-state index in [1.54, 1.807) is 0 Å². The highest BCUT2D eigenvalue weighted by atomic mass is 35.5. The maximum Gasteiger partial charge on any atom is 0.0453 e. The van der Waals surface area contributed by atoms with E-state index in [0.717, 1.165) is 5.02 Å². The van der Waals surface area contributed by atoms with Crippen LogP contribution in [0.25, 0.3) is 0 Å². The number of nitrogens with one attached hydrogen (secondary N) is 1. The molecule has 1 nitrogen and oxygen atoms in total. The highest BCUT2D eigenvalue weighted by Crippen LogP contribution is 2.35. The molecule has 0 spiro atoms. The van der Waals surface area contributed by atoms with Gasteiger partial charge in [-0.2, -0.15) is 11.8 Å². The Morgan fingerprint density at radius 1 is 1.44 bits per heavy atom. The van der Waals surface area contributed by atoms with Crippen molar-refractivity contribution in [1.82, 2.24) is 5.32 Å². The molecule has 2 rings (SSSR count). The molecule has 2 unspecified atom stereocenters. The molecule has 1 aromatic carbocycles. The van der Waals surface area contributed by atoms with Gasteiger partial charge in [-0.05, 0) is 48.9 Å². The van der Waals surface area contributed by atoms with Gasteiger partial charge in [0.2, 0.25) is 0 Å². The fourth-order valence-corrected chi connectivity index (χ4v) is 3.85. The van der Waals surface area contributed by atoms with Crippen molar-refractivity contribution in [2.75, 3.05) is 18.6 Å². The van der Waals surface area contributed by atoms with E-state index in [1.165, 1.54) is 29.9 Å². The largest absolute Gasteiger partial charge is 0.313 e. The molecule has 1 fully saturated rings. The predicted octanol–water partition coefficient (Wildman–Crippen LogP) is 3.74. The molecule has 88 valence electrons. The van der Waals surface area contributed by atoms with Gasteiger partial charge >= 0.3 is 0 Å². The third kappa shape index (κ3) is 2.73. The first-order valence-corrected chi connectivity index (χ1v) is 7.35. The molecular formula is C13H18ClNS. The molecule has 1 saturated heterocycles. The van der Waals surface area contributed by atoms with Crippen LogP contribution in [-0.4, -0.2) is 18.6 Å². The lowest BCUT2D eigenvalue weighted by atomic mass is 9.90. The highest BCUT2D eigenvalue weighted by Gasteiger charge is 2.25. The SMILES string of the molecule is CNC(c1ccccc1Cl)C1CCCSC1. The Balaban J connectivity index is 2.18. The predicted molar refractivity (Wildman–Crippen MR) is 73.3 cm³/mol. The monoisotopic (exact) mass is 255 g/mol. The number of hydrogen-bond donors (Lipinski definition) is 1. The van der Waals surface area contributed by atoms with E-state index in [0.29, 0.717) is 12.0 Å². The molecule has 1 aliphatic heterocycles. The van der Waals surface area contributed by atoms with Crippen LogP contribution in [0.1, 0.15) is 24.4 Å². The lowest BCUT2D eigenvalue weighted by molar-refractivity contribution is 0.385. The smallest absolute Gasteiger partial charge is 0.0453 e. The first kappa shape index (κ1) is 12.3. The Hall–Kier alpha value is -0.180. The van der Waals surface area contributed by atoms with E-state index in [-0.39, 0.29) is 0 Å². The van der Waals surface area contributed by atoms with Crippen LogP contribution in [0.5, 0.6) is 0 Å². The molecule has 16 heavy (non-hydrogen) atoms. The summed E-state index contributed by atoms with van der Waals surface area (Å²) >= 11 is 8.33. The van der Waals surface area contributed by atoms with Gasteiger partial charge < -0.3 is 5.32 Å². The van der Waals surface area contributed by atoms with Crippen molar-refractivity contribution >= 4 is 23.4 Å². The summed E-state index contributed by atoms with van der Waals surface area (Å²) in [6.07, 6.45) is 2.64. The minimum atomic E-state index is 0.404. The Morgan fingerprint density at radius 2 is 2.25 bits per heavy atom. The van der Waals surface area contributed by atoms with Crippen molar-refractivity contribution in [3.05, 3.63) is 34.9 Å². The Bertz CT molecular complexity index is 336. The van der Waals surface area contributed by atoms with Gasteiger partial charge in [0.15, 0.2) is 0 Å². The van der Waals surface area contributed by atoms with Crippen LogP contribution in [0.15, 0.2) is 24.3 Å². The van der Waals surface area contributed by atoms with Gasteiger partial charge in [-0.3, -0.25) is 0 Å². The van der Waals surface area contributed by atoms with E-state index in [2.05, 4.69) is 29.2 Å². The van der Waals surface area contributed by atoms with Crippen molar-refractivity contribution in [3.8, 4) is 0 Å². The van der Waals surface area contributed by atoms with E-state index in [1.807, 2.05) is 19.2 Å². The number of rotatable bonds is 3. The second-order valence-electron chi connectivity index (χ2n) is 4.27. The molecule has 0 bridgehead atoms. The molecule has 0 aromatic heterocycles. The molecule has 0 radical (unpaired) electrons. The first-order chi connectivity index (χ1) is 7.83. The molecule has 1 aliphatic rings. The van der Waals surface area contributed by atoms with Gasteiger partial charge in [0, 0.05) is 11.1 Å². The van der Waals surface area contributed by atoms with Crippen molar-refractivity contribution in [2.45, 2.75) is 18.9 Å². The second kappa shape index (κ2) is 5.95. The van der Waals surface area contributed by atoms with E-state index >= 15 is 0 Å². The number of hydrogen-bond acceptors (Lipinski definition) is 2. The summed E-state index contributed by atoms with van der Waals surface area (Å²) in [5.41, 5.74) is 1.25. The van der Waals surface area contributed by atoms with Crippen molar-refractivity contribution < 1.29 is 0 Å². The van der Waals surface area contributed by atoms with Crippen LogP contribution in [-0.2, 0) is 0 Å². The lowest BCUT2D eigenvalue weighted by Gasteiger charge is -2.30. The lowest BCUT2D eigenvalue weighted by Crippen LogP contribution is -2.29. The zero-order chi connectivity index (χ0) is 11.4. The van der Waals surface area contributed by atoms with Gasteiger partial charge in [0.25, 0.3) is 0 Å². The summed E-state index contributed by atoms with van der Waals surface area (Å²) < 4.78 is 0. The molecule has 2 atom stereocenters. The van der Waals surface area contributed by atoms with Gasteiger partial charge in [0.1, 0.15) is 0 Å². The molecular weight excluding hydrogens is 238 g/mol. The van der Waals surface area contributed by atoms with Crippen LogP contribution < -0.4 is 5.32 Å². The van der Waals surface area contributed by atoms with Crippen molar-refractivity contribution in [1.29, 1.82) is 0 Å². The maximum atomic E-state index is 6.27. The van der Waals surface area contributed by atoms with Crippen LogP contribution in [0, 0.1) is 5.92 Å². The summed E-state index contributed by atoms with van der Waals surface area (Å²) in [6, 6.07) is 8.59. The van der Waals surface area contributed by atoms with E-state index in [9.17, 15) is 0 Å². The second-order valence-corrected chi connectivity index (χ2v) is 5.82. The van der Waals surface area contributed by atoms with Crippen LogP contribution in [0.2, 0.25) is 5.02 Å². The minimum absolute atomic E-state index is 0.404. The van der Waals surface area contributed by atoms with Gasteiger partial charge in [-0.15, -0.1) is 0 Å². The average molecular weight is 256 g/mol. The summed E-state index contributed by atoms with van der Waals surface area (Å²) in [5.74, 6) is 3.27. The maximum absolute atomic E-state index is 6.27. The highest BCUT2D eigenvalue weighted by molar-refractivity contribution is 7.99. The van der Waals surface area contributed by atoms with Crippen LogP contribution in [0.4, 0.5) is 0 Å². The minimum Gasteiger partial charge on any atom is -0.313 e. The number of benzene rings is 1. The zero-order valence-corrected chi connectivity index (χ0v) is 11.2. The van der Waals surface area contributed by atoms with Gasteiger partial charge in [-0.25, -0.2) is 0 Å². The standard InChI is InChI=1S/C13H18ClNS/c1-15-13(10-5-4-8-16-9-10)11-6-2-3-7-12(11)14/h2-3,6-7,10,13,15H,4-5,8-9H2,1H3. The van der Waals surface area contributed by atoms with Crippen LogP contribution in [0.3, 0.4) is 0 Å². The van der Waals surface area contributed by atoms with Gasteiger partial charge in [0.05, 0.1) is 0 Å². The van der Waals surface area contributed by atoms with E-state index < -0.39 is 0 Å². The number of thioether (sulfide) groups is 1. The number of halogens is 1. The first-order valence-electron chi connectivity index (χ1n) is 5.82.